The second kappa shape index (κ2) is 4.66. The van der Waals surface area contributed by atoms with Gasteiger partial charge in [-0.25, -0.2) is 9.97 Å². The van der Waals surface area contributed by atoms with Crippen LogP contribution in [0, 0.1) is 0 Å². The van der Waals surface area contributed by atoms with E-state index < -0.39 is 0 Å². The zero-order valence-electron chi connectivity index (χ0n) is 10.6. The summed E-state index contributed by atoms with van der Waals surface area (Å²) in [6, 6.07) is 9.82. The molecule has 0 unspecified atom stereocenters. The summed E-state index contributed by atoms with van der Waals surface area (Å²) in [5.41, 5.74) is 2.79. The fourth-order valence-electron chi connectivity index (χ4n) is 2.05. The van der Waals surface area contributed by atoms with Crippen molar-refractivity contribution in [3.05, 3.63) is 41.0 Å². The second-order valence-corrected chi connectivity index (χ2v) is 5.13. The number of ether oxygens (including phenoxy) is 1. The summed E-state index contributed by atoms with van der Waals surface area (Å²) in [5, 5.41) is 0. The molecule has 5 heteroatoms. The molecule has 0 aliphatic carbocycles. The number of aryl methyl sites for hydroxylation is 1. The zero-order chi connectivity index (χ0) is 13.4. The summed E-state index contributed by atoms with van der Waals surface area (Å²) in [4.78, 5) is 9.02. The Labute approximate surface area is 119 Å². The molecule has 3 rings (SSSR count). The maximum absolute atomic E-state index is 5.16. The maximum Gasteiger partial charge on any atom is 0.160 e. The average molecular weight is 318 g/mol. The van der Waals surface area contributed by atoms with Crippen LogP contribution in [0.3, 0.4) is 0 Å². The van der Waals surface area contributed by atoms with Crippen molar-refractivity contribution in [3.8, 4) is 17.1 Å². The molecular weight excluding hydrogens is 306 g/mol. The molecule has 2 heterocycles. The molecule has 0 bridgehead atoms. The minimum Gasteiger partial charge on any atom is -0.497 e. The molecule has 0 aliphatic heterocycles. The van der Waals surface area contributed by atoms with Crippen LogP contribution in [0.2, 0.25) is 0 Å². The van der Waals surface area contributed by atoms with Crippen LogP contribution < -0.4 is 4.74 Å². The van der Waals surface area contributed by atoms with Crippen molar-refractivity contribution in [1.82, 2.24) is 14.5 Å². The van der Waals surface area contributed by atoms with E-state index in [-0.39, 0.29) is 0 Å². The number of hydrogen-bond acceptors (Lipinski definition) is 3. The third-order valence-corrected chi connectivity index (χ3v) is 3.46. The van der Waals surface area contributed by atoms with E-state index in [4.69, 9.17) is 4.74 Å². The quantitative estimate of drug-likeness (QED) is 0.727. The van der Waals surface area contributed by atoms with Crippen LogP contribution in [0.4, 0.5) is 0 Å². The van der Waals surface area contributed by atoms with E-state index in [2.05, 4.69) is 25.9 Å². The highest BCUT2D eigenvalue weighted by Crippen LogP contribution is 2.25. The van der Waals surface area contributed by atoms with Gasteiger partial charge >= 0.3 is 0 Å². The number of hydrogen-bond donors (Lipinski definition) is 0. The van der Waals surface area contributed by atoms with Gasteiger partial charge in [-0.3, -0.25) is 0 Å². The fourth-order valence-corrected chi connectivity index (χ4v) is 2.37. The monoisotopic (exact) mass is 317 g/mol. The van der Waals surface area contributed by atoms with Crippen molar-refractivity contribution >= 4 is 27.1 Å². The zero-order valence-corrected chi connectivity index (χ0v) is 12.2. The molecular formula is C14H12BrN3O. The van der Waals surface area contributed by atoms with Crippen molar-refractivity contribution in [3.63, 3.8) is 0 Å². The lowest BCUT2D eigenvalue weighted by Gasteiger charge is -2.03. The minimum absolute atomic E-state index is 0.836. The van der Waals surface area contributed by atoms with Crippen molar-refractivity contribution in [2.24, 2.45) is 7.05 Å². The SMILES string of the molecule is COc1ccc(-c2nc3cc(Br)cnc3n2C)cc1. The van der Waals surface area contributed by atoms with Gasteiger partial charge in [0.15, 0.2) is 5.65 Å². The molecule has 4 nitrogen and oxygen atoms in total. The van der Waals surface area contributed by atoms with Gasteiger partial charge < -0.3 is 9.30 Å². The maximum atomic E-state index is 5.16. The third kappa shape index (κ3) is 2.10. The van der Waals surface area contributed by atoms with E-state index in [0.29, 0.717) is 0 Å². The van der Waals surface area contributed by atoms with Crippen molar-refractivity contribution in [2.75, 3.05) is 7.11 Å². The molecule has 0 spiro atoms. The summed E-state index contributed by atoms with van der Waals surface area (Å²) >= 11 is 3.41. The van der Waals surface area contributed by atoms with E-state index in [1.807, 2.05) is 41.9 Å². The number of benzene rings is 1. The molecule has 0 radical (unpaired) electrons. The summed E-state index contributed by atoms with van der Waals surface area (Å²) in [5.74, 6) is 1.73. The second-order valence-electron chi connectivity index (χ2n) is 4.22. The summed E-state index contributed by atoms with van der Waals surface area (Å²) in [6.07, 6.45) is 1.78. The first-order valence-electron chi connectivity index (χ1n) is 5.81. The molecule has 96 valence electrons. The van der Waals surface area contributed by atoms with E-state index >= 15 is 0 Å². The smallest absolute Gasteiger partial charge is 0.160 e. The Bertz CT molecular complexity index is 734. The normalized spacial score (nSPS) is 10.9. The molecule has 0 atom stereocenters. The Morgan fingerprint density at radius 1 is 1.21 bits per heavy atom. The van der Waals surface area contributed by atoms with Crippen LogP contribution in [0.25, 0.3) is 22.6 Å². The number of halogens is 1. The number of pyridine rings is 1. The van der Waals surface area contributed by atoms with Crippen molar-refractivity contribution in [1.29, 1.82) is 0 Å². The van der Waals surface area contributed by atoms with Gasteiger partial charge in [-0.05, 0) is 46.3 Å². The van der Waals surface area contributed by atoms with Crippen LogP contribution >= 0.6 is 15.9 Å². The Kier molecular flexibility index (Phi) is 2.98. The highest BCUT2D eigenvalue weighted by Gasteiger charge is 2.11. The summed E-state index contributed by atoms with van der Waals surface area (Å²) < 4.78 is 8.08. The van der Waals surface area contributed by atoms with Gasteiger partial charge in [0, 0.05) is 23.3 Å². The predicted octanol–water partition coefficient (Wildman–Crippen LogP) is 3.41. The van der Waals surface area contributed by atoms with E-state index in [1.54, 1.807) is 13.3 Å². The molecule has 1 aromatic carbocycles. The first kappa shape index (κ1) is 12.2. The van der Waals surface area contributed by atoms with Gasteiger partial charge in [-0.1, -0.05) is 0 Å². The Hall–Kier alpha value is -1.88. The standard InChI is InChI=1S/C14H12BrN3O/c1-18-13(9-3-5-11(19-2)6-4-9)17-12-7-10(15)8-16-14(12)18/h3-8H,1-2H3. The average Bonchev–Trinajstić information content (AvgIpc) is 2.75. The largest absolute Gasteiger partial charge is 0.497 e. The lowest BCUT2D eigenvalue weighted by atomic mass is 10.2. The van der Waals surface area contributed by atoms with E-state index in [9.17, 15) is 0 Å². The van der Waals surface area contributed by atoms with Crippen molar-refractivity contribution in [2.45, 2.75) is 0 Å². The summed E-state index contributed by atoms with van der Waals surface area (Å²) in [6.45, 7) is 0. The van der Waals surface area contributed by atoms with Gasteiger partial charge in [-0.15, -0.1) is 0 Å². The van der Waals surface area contributed by atoms with Crippen LogP contribution in [0.5, 0.6) is 5.75 Å². The first-order valence-corrected chi connectivity index (χ1v) is 6.61. The summed E-state index contributed by atoms with van der Waals surface area (Å²) in [7, 11) is 3.63. The fraction of sp³-hybridized carbons (Fsp3) is 0.143. The highest BCUT2D eigenvalue weighted by atomic mass is 79.9. The van der Waals surface area contributed by atoms with Crippen LogP contribution in [0.1, 0.15) is 0 Å². The topological polar surface area (TPSA) is 39.9 Å². The molecule has 2 aromatic heterocycles. The Balaban J connectivity index is 2.15. The van der Waals surface area contributed by atoms with E-state index in [0.717, 1.165) is 32.8 Å². The Morgan fingerprint density at radius 3 is 2.63 bits per heavy atom. The molecule has 3 aromatic rings. The number of rotatable bonds is 2. The molecule has 0 saturated carbocycles. The van der Waals surface area contributed by atoms with Crippen LogP contribution in [-0.4, -0.2) is 21.6 Å². The van der Waals surface area contributed by atoms with Crippen molar-refractivity contribution < 1.29 is 4.74 Å². The predicted molar refractivity (Wildman–Crippen MR) is 78.2 cm³/mol. The minimum atomic E-state index is 0.836. The highest BCUT2D eigenvalue weighted by molar-refractivity contribution is 9.10. The lowest BCUT2D eigenvalue weighted by Crippen LogP contribution is -1.93. The molecule has 0 saturated heterocycles. The lowest BCUT2D eigenvalue weighted by molar-refractivity contribution is 0.415. The number of methoxy groups -OCH3 is 1. The third-order valence-electron chi connectivity index (χ3n) is 3.02. The number of imidazole rings is 1. The molecule has 0 amide bonds. The van der Waals surface area contributed by atoms with Crippen LogP contribution in [-0.2, 0) is 7.05 Å². The molecule has 19 heavy (non-hydrogen) atoms. The molecule has 0 fully saturated rings. The van der Waals surface area contributed by atoms with Gasteiger partial charge in [-0.2, -0.15) is 0 Å². The number of nitrogens with zero attached hydrogens (tertiary/aromatic N) is 3. The van der Waals surface area contributed by atoms with Gasteiger partial charge in [0.05, 0.1) is 7.11 Å². The van der Waals surface area contributed by atoms with Crippen LogP contribution in [0.15, 0.2) is 41.0 Å². The first-order chi connectivity index (χ1) is 9.19. The van der Waals surface area contributed by atoms with Gasteiger partial charge in [0.2, 0.25) is 0 Å². The van der Waals surface area contributed by atoms with Gasteiger partial charge in [0.1, 0.15) is 17.1 Å². The Morgan fingerprint density at radius 2 is 1.95 bits per heavy atom. The number of fused-ring (bicyclic) bond motifs is 1. The van der Waals surface area contributed by atoms with Gasteiger partial charge in [0.25, 0.3) is 0 Å². The number of aromatic nitrogens is 3. The van der Waals surface area contributed by atoms with E-state index in [1.165, 1.54) is 0 Å². The molecule has 0 N–H and O–H groups in total. The molecule has 0 aliphatic rings.